The van der Waals surface area contributed by atoms with Crippen molar-refractivity contribution in [3.8, 4) is 0 Å². The molecule has 2 saturated heterocycles. The number of alkyl halides is 1. The number of ketones is 1. The van der Waals surface area contributed by atoms with E-state index >= 15 is 0 Å². The van der Waals surface area contributed by atoms with Crippen molar-refractivity contribution in [1.82, 2.24) is 0 Å². The van der Waals surface area contributed by atoms with Gasteiger partial charge in [-0.2, -0.15) is 0 Å². The summed E-state index contributed by atoms with van der Waals surface area (Å²) in [7, 11) is 0. The number of aliphatic hydroxyl groups is 1. The summed E-state index contributed by atoms with van der Waals surface area (Å²) in [6.07, 6.45) is 3.95. The van der Waals surface area contributed by atoms with Crippen LogP contribution in [0.4, 0.5) is 0 Å². The monoisotopic (exact) mass is 328 g/mol. The Balaban J connectivity index is 1.92. The third kappa shape index (κ3) is 2.63. The van der Waals surface area contributed by atoms with Gasteiger partial charge < -0.3 is 9.84 Å². The van der Waals surface area contributed by atoms with E-state index in [1.54, 1.807) is 0 Å². The van der Waals surface area contributed by atoms with Gasteiger partial charge in [-0.15, -0.1) is 11.6 Å². The smallest absolute Gasteiger partial charge is 0.141 e. The molecule has 3 nitrogen and oxygen atoms in total. The lowest BCUT2D eigenvalue weighted by atomic mass is 9.60. The molecular weight excluding hydrogens is 300 g/mol. The Hall–Kier alpha value is -0.120. The van der Waals surface area contributed by atoms with Crippen LogP contribution in [0.2, 0.25) is 0 Å². The summed E-state index contributed by atoms with van der Waals surface area (Å²) in [6, 6.07) is 0. The Morgan fingerprint density at radius 3 is 2.82 bits per heavy atom. The standard InChI is InChI=1S/C18H29ClO3/c1-10(2)11-6-7-18(3,21)16-14-9-13(20)12(5-4-8-19)17(22-14)15(11)16/h10-12,14-17,21H,4-9H2,1-3H3/t11-,12+,14-,15-,16-,17+,18-/m1/s1. The highest BCUT2D eigenvalue weighted by molar-refractivity contribution is 6.17. The highest BCUT2D eigenvalue weighted by Crippen LogP contribution is 2.57. The average molecular weight is 329 g/mol. The van der Waals surface area contributed by atoms with Gasteiger partial charge in [0.15, 0.2) is 0 Å². The summed E-state index contributed by atoms with van der Waals surface area (Å²) < 4.78 is 6.32. The van der Waals surface area contributed by atoms with Gasteiger partial charge in [0.2, 0.25) is 0 Å². The van der Waals surface area contributed by atoms with Crippen LogP contribution in [0.5, 0.6) is 0 Å². The van der Waals surface area contributed by atoms with E-state index in [0.29, 0.717) is 35.8 Å². The largest absolute Gasteiger partial charge is 0.390 e. The van der Waals surface area contributed by atoms with E-state index in [4.69, 9.17) is 16.3 Å². The molecule has 3 aliphatic rings. The topological polar surface area (TPSA) is 46.5 Å². The second kappa shape index (κ2) is 6.07. The SMILES string of the molecule is CC(C)[C@H]1CC[C@@](C)(O)[C@H]2[C@@H]1[C@H]1O[C@@H]2CC(=O)[C@@H]1CCCCl. The van der Waals surface area contributed by atoms with Gasteiger partial charge in [0.25, 0.3) is 0 Å². The second-order valence-electron chi connectivity index (χ2n) is 8.15. The van der Waals surface area contributed by atoms with Gasteiger partial charge in [0.05, 0.1) is 17.8 Å². The molecule has 126 valence electrons. The Kier molecular flexibility index (Phi) is 4.61. The Morgan fingerprint density at radius 2 is 2.18 bits per heavy atom. The molecule has 0 amide bonds. The van der Waals surface area contributed by atoms with Crippen molar-refractivity contribution in [2.24, 2.45) is 29.6 Å². The molecule has 1 aliphatic carbocycles. The van der Waals surface area contributed by atoms with Gasteiger partial charge >= 0.3 is 0 Å². The molecule has 2 heterocycles. The van der Waals surface area contributed by atoms with Crippen LogP contribution in [0.3, 0.4) is 0 Å². The Bertz CT molecular complexity index is 434. The number of fused-ring (bicyclic) bond motifs is 5. The summed E-state index contributed by atoms with van der Waals surface area (Å²) in [5.41, 5.74) is -0.697. The lowest BCUT2D eigenvalue weighted by Gasteiger charge is -2.46. The molecule has 2 bridgehead atoms. The number of ether oxygens (including phenoxy) is 1. The molecule has 7 atom stereocenters. The summed E-state index contributed by atoms with van der Waals surface area (Å²) in [5.74, 6) is 2.46. The van der Waals surface area contributed by atoms with E-state index in [-0.39, 0.29) is 24.0 Å². The van der Waals surface area contributed by atoms with E-state index in [1.165, 1.54) is 0 Å². The fourth-order valence-corrected chi connectivity index (χ4v) is 5.60. The van der Waals surface area contributed by atoms with Crippen molar-refractivity contribution in [1.29, 1.82) is 0 Å². The van der Waals surface area contributed by atoms with Crippen LogP contribution in [0.1, 0.15) is 52.9 Å². The summed E-state index contributed by atoms with van der Waals surface area (Å²) in [6.45, 7) is 6.47. The molecule has 0 aromatic rings. The average Bonchev–Trinajstić information content (AvgIpc) is 2.74. The molecule has 3 fully saturated rings. The van der Waals surface area contributed by atoms with Gasteiger partial charge in [-0.25, -0.2) is 0 Å². The third-order valence-corrected chi connectivity index (χ3v) is 6.71. The maximum absolute atomic E-state index is 12.6. The first kappa shape index (κ1) is 16.7. The van der Waals surface area contributed by atoms with Gasteiger partial charge in [-0.3, -0.25) is 4.79 Å². The second-order valence-corrected chi connectivity index (χ2v) is 8.53. The molecule has 3 rings (SSSR count). The fraction of sp³-hybridized carbons (Fsp3) is 0.944. The van der Waals surface area contributed by atoms with Gasteiger partial charge in [0, 0.05) is 24.1 Å². The lowest BCUT2D eigenvalue weighted by Crippen LogP contribution is -2.50. The Labute approximate surface area is 138 Å². The van der Waals surface area contributed by atoms with Crippen molar-refractivity contribution < 1.29 is 14.6 Å². The molecule has 0 aromatic carbocycles. The molecule has 22 heavy (non-hydrogen) atoms. The quantitative estimate of drug-likeness (QED) is 0.804. The van der Waals surface area contributed by atoms with Crippen molar-refractivity contribution in [3.63, 3.8) is 0 Å². The zero-order valence-corrected chi connectivity index (χ0v) is 14.7. The number of carbonyl (C=O) groups is 1. The Morgan fingerprint density at radius 1 is 1.45 bits per heavy atom. The van der Waals surface area contributed by atoms with Crippen molar-refractivity contribution in [3.05, 3.63) is 0 Å². The zero-order chi connectivity index (χ0) is 16.1. The van der Waals surface area contributed by atoms with Crippen LogP contribution in [0, 0.1) is 29.6 Å². The first-order chi connectivity index (χ1) is 10.4. The number of hydrogen-bond acceptors (Lipinski definition) is 3. The first-order valence-corrected chi connectivity index (χ1v) is 9.36. The third-order valence-electron chi connectivity index (χ3n) is 6.44. The van der Waals surface area contributed by atoms with Crippen LogP contribution in [-0.2, 0) is 9.53 Å². The number of carbonyl (C=O) groups excluding carboxylic acids is 1. The highest BCUT2D eigenvalue weighted by Gasteiger charge is 2.62. The maximum Gasteiger partial charge on any atom is 0.141 e. The number of Topliss-reactive ketones (excluding diaryl/α,β-unsaturated/α-hetero) is 1. The molecule has 0 aromatic heterocycles. The zero-order valence-electron chi connectivity index (χ0n) is 13.9. The van der Waals surface area contributed by atoms with Crippen LogP contribution in [0.15, 0.2) is 0 Å². The molecule has 1 N–H and O–H groups in total. The van der Waals surface area contributed by atoms with Crippen molar-refractivity contribution in [2.45, 2.75) is 70.7 Å². The molecule has 0 unspecified atom stereocenters. The maximum atomic E-state index is 12.6. The number of halogens is 1. The van der Waals surface area contributed by atoms with Gasteiger partial charge in [0.1, 0.15) is 5.78 Å². The van der Waals surface area contributed by atoms with E-state index in [9.17, 15) is 9.90 Å². The van der Waals surface area contributed by atoms with E-state index in [2.05, 4.69) is 13.8 Å². The minimum Gasteiger partial charge on any atom is -0.390 e. The van der Waals surface area contributed by atoms with Crippen LogP contribution in [0.25, 0.3) is 0 Å². The minimum atomic E-state index is -0.697. The first-order valence-electron chi connectivity index (χ1n) is 8.83. The minimum absolute atomic E-state index is 0.00126. The van der Waals surface area contributed by atoms with E-state index < -0.39 is 5.60 Å². The van der Waals surface area contributed by atoms with E-state index in [0.717, 1.165) is 25.7 Å². The molecule has 4 heteroatoms. The van der Waals surface area contributed by atoms with Crippen LogP contribution in [-0.4, -0.2) is 34.6 Å². The van der Waals surface area contributed by atoms with Crippen molar-refractivity contribution in [2.75, 3.05) is 5.88 Å². The summed E-state index contributed by atoms with van der Waals surface area (Å²) in [4.78, 5) is 12.6. The number of hydrogen-bond donors (Lipinski definition) is 1. The normalized spacial score (nSPS) is 47.8. The fourth-order valence-electron chi connectivity index (χ4n) is 5.44. The molecule has 0 spiro atoms. The predicted molar refractivity (Wildman–Crippen MR) is 86.9 cm³/mol. The summed E-state index contributed by atoms with van der Waals surface area (Å²) >= 11 is 5.84. The molecular formula is C18H29ClO3. The predicted octanol–water partition coefficient (Wildman–Crippen LogP) is 3.41. The van der Waals surface area contributed by atoms with Crippen LogP contribution < -0.4 is 0 Å². The lowest BCUT2D eigenvalue weighted by molar-refractivity contribution is -0.141. The van der Waals surface area contributed by atoms with Crippen molar-refractivity contribution >= 4 is 17.4 Å². The highest BCUT2D eigenvalue weighted by atomic mass is 35.5. The molecule has 1 saturated carbocycles. The van der Waals surface area contributed by atoms with Gasteiger partial charge in [-0.05, 0) is 50.4 Å². The number of rotatable bonds is 4. The molecule has 2 aliphatic heterocycles. The van der Waals surface area contributed by atoms with Gasteiger partial charge in [-0.1, -0.05) is 13.8 Å². The van der Waals surface area contributed by atoms with E-state index in [1.807, 2.05) is 6.92 Å². The molecule has 0 radical (unpaired) electrons. The summed E-state index contributed by atoms with van der Waals surface area (Å²) in [5, 5.41) is 10.9. The van der Waals surface area contributed by atoms with Crippen LogP contribution >= 0.6 is 11.6 Å².